The van der Waals surface area contributed by atoms with E-state index in [4.69, 9.17) is 112 Å². The predicted octanol–water partition coefficient (Wildman–Crippen LogP) is 0.957. The van der Waals surface area contributed by atoms with Gasteiger partial charge in [0, 0.05) is 132 Å². The molecular weight excluding hydrogens is 908 g/mol. The molecule has 0 aromatic rings. The van der Waals surface area contributed by atoms with Crippen molar-refractivity contribution in [1.82, 2.24) is 0 Å². The average molecular weight is 1040 g/mol. The zero-order valence-electron chi connectivity index (χ0n) is 47.5. The Labute approximate surface area is 417 Å². The van der Waals surface area contributed by atoms with Gasteiger partial charge in [-0.15, -0.1) is 0 Å². The molecular formula is C45H126O23. The minimum Gasteiger partial charge on any atom is -0.478 e. The third kappa shape index (κ3) is 4940. The molecule has 0 aliphatic rings. The van der Waals surface area contributed by atoms with Crippen LogP contribution in [0.2, 0.25) is 0 Å². The lowest BCUT2D eigenvalue weighted by Gasteiger charge is -2.09. The molecule has 0 aliphatic carbocycles. The van der Waals surface area contributed by atoms with E-state index in [2.05, 4.69) is 0 Å². The van der Waals surface area contributed by atoms with Crippen LogP contribution in [-0.4, -0.2) is 247 Å². The number of carboxylic acid groups (broad SMARTS) is 1. The molecule has 1 atom stereocenters. The first-order valence-corrected chi connectivity index (χ1v) is 22.8. The molecule has 0 heterocycles. The second kappa shape index (κ2) is 338. The first-order valence-electron chi connectivity index (χ1n) is 22.8. The van der Waals surface area contributed by atoms with Gasteiger partial charge in [0.1, 0.15) is 0 Å². The van der Waals surface area contributed by atoms with Gasteiger partial charge in [0.2, 0.25) is 0 Å². The number of carbonyl (C=O) groups is 1. The molecule has 1 unspecified atom stereocenters. The molecule has 23 nitrogen and oxygen atoms in total. The number of aliphatic hydroxyl groups is 19. The van der Waals surface area contributed by atoms with E-state index in [1.165, 1.54) is 0 Å². The van der Waals surface area contributed by atoms with Gasteiger partial charge in [-0.3, -0.25) is 0 Å². The molecule has 0 rings (SSSR count). The van der Waals surface area contributed by atoms with Gasteiger partial charge in [-0.25, -0.2) is 4.79 Å². The summed E-state index contributed by atoms with van der Waals surface area (Å²) in [6, 6.07) is 0. The Kier molecular flexibility index (Phi) is 655. The van der Waals surface area contributed by atoms with E-state index in [1.54, 1.807) is 138 Å². The van der Waals surface area contributed by atoms with Crippen LogP contribution in [0.4, 0.5) is 0 Å². The Morgan fingerprint density at radius 2 is 0.412 bits per heavy atom. The van der Waals surface area contributed by atoms with E-state index >= 15 is 0 Å². The first-order chi connectivity index (χ1) is 32.0. The van der Waals surface area contributed by atoms with Crippen molar-refractivity contribution in [3.05, 3.63) is 12.3 Å². The number of aliphatic carboxylic acids is 1. The van der Waals surface area contributed by atoms with Crippen molar-refractivity contribution in [2.45, 2.75) is 152 Å². The van der Waals surface area contributed by atoms with E-state index in [-0.39, 0.29) is 126 Å². The number of rotatable bonds is 5. The van der Waals surface area contributed by atoms with Crippen LogP contribution in [-0.2, 0) is 14.3 Å². The van der Waals surface area contributed by atoms with Crippen LogP contribution in [0.1, 0.15) is 145 Å². The monoisotopic (exact) mass is 1030 g/mol. The van der Waals surface area contributed by atoms with Gasteiger partial charge in [0.25, 0.3) is 0 Å². The normalized spacial score (nSPS) is 7.18. The zero-order valence-corrected chi connectivity index (χ0v) is 47.5. The molecule has 0 fully saturated rings. The van der Waals surface area contributed by atoms with Crippen LogP contribution in [0.5, 0.6) is 0 Å². The smallest absolute Gasteiger partial charge is 0.331 e. The lowest BCUT2D eigenvalue weighted by Crippen LogP contribution is -2.09. The second-order valence-corrected chi connectivity index (χ2v) is 7.81. The Balaban J connectivity index is -0.0000000203. The number of hydrogen-bond acceptors (Lipinski definition) is 22. The standard InChI is InChI=1S/C7H12O4.19C2H6O/c1-3-10-6(2)11-5-4-7(8)9;19*1-2-3/h4-6H,3H2,1-2H3,(H,8,9);19*3H,2H2,1H3. The van der Waals surface area contributed by atoms with Gasteiger partial charge >= 0.3 is 5.97 Å². The molecule has 0 amide bonds. The van der Waals surface area contributed by atoms with Crippen molar-refractivity contribution < 1.29 is 116 Å². The SMILES string of the molecule is CCO.CCO.CCO.CCO.CCO.CCO.CCO.CCO.CCO.CCO.CCO.CCO.CCO.CCO.CCO.CCO.CCO.CCO.CCO.CCOC(C)OC=CC(=O)O. The van der Waals surface area contributed by atoms with Crippen molar-refractivity contribution in [2.24, 2.45) is 0 Å². The minimum atomic E-state index is -1.03. The molecule has 23 heteroatoms. The molecule has 20 N–H and O–H groups in total. The quantitative estimate of drug-likeness (QED) is 0.104. The number of hydrogen-bond donors (Lipinski definition) is 20. The average Bonchev–Trinajstić information content (AvgIpc) is 3.21. The lowest BCUT2D eigenvalue weighted by molar-refractivity contribution is -0.131. The number of carboxylic acids is 1. The summed E-state index contributed by atoms with van der Waals surface area (Å²) >= 11 is 0. The highest BCUT2D eigenvalue weighted by Crippen LogP contribution is 1.93. The van der Waals surface area contributed by atoms with Gasteiger partial charge in [0.05, 0.1) is 12.3 Å². The summed E-state index contributed by atoms with van der Waals surface area (Å²) in [5, 5.41) is 152. The Morgan fingerprint density at radius 3 is 0.485 bits per heavy atom. The van der Waals surface area contributed by atoms with E-state index in [0.717, 1.165) is 12.3 Å². The van der Waals surface area contributed by atoms with Crippen molar-refractivity contribution in [2.75, 3.05) is 132 Å². The highest BCUT2D eigenvalue weighted by Gasteiger charge is 1.96. The molecule has 68 heavy (non-hydrogen) atoms. The maximum absolute atomic E-state index is 9.93. The minimum absolute atomic E-state index is 0.250. The lowest BCUT2D eigenvalue weighted by atomic mass is 10.6. The van der Waals surface area contributed by atoms with Gasteiger partial charge in [0.15, 0.2) is 6.29 Å². The third-order valence-corrected chi connectivity index (χ3v) is 0.882. The Morgan fingerprint density at radius 1 is 0.309 bits per heavy atom. The zero-order chi connectivity index (χ0) is 60.1. The summed E-state index contributed by atoms with van der Waals surface area (Å²) in [7, 11) is 0. The fourth-order valence-electron chi connectivity index (χ4n) is 0.482. The highest BCUT2D eigenvalue weighted by molar-refractivity contribution is 5.79. The van der Waals surface area contributed by atoms with Crippen molar-refractivity contribution >= 4 is 5.97 Å². The Bertz CT molecular complexity index is 346. The fraction of sp³-hybridized carbons (Fsp3) is 0.933. The summed E-state index contributed by atoms with van der Waals surface area (Å²) in [6.45, 7) is 40.7. The van der Waals surface area contributed by atoms with Gasteiger partial charge in [-0.2, -0.15) is 0 Å². The number of ether oxygens (including phenoxy) is 2. The molecule has 0 saturated carbocycles. The van der Waals surface area contributed by atoms with Crippen LogP contribution in [0.15, 0.2) is 12.3 Å². The van der Waals surface area contributed by atoms with E-state index < -0.39 is 12.3 Å². The molecule has 0 bridgehead atoms. The topological polar surface area (TPSA) is 440 Å². The maximum Gasteiger partial charge on any atom is 0.331 e. The largest absolute Gasteiger partial charge is 0.478 e. The molecule has 444 valence electrons. The van der Waals surface area contributed by atoms with Crippen LogP contribution < -0.4 is 0 Å². The summed E-state index contributed by atoms with van der Waals surface area (Å²) in [4.78, 5) is 9.93. The van der Waals surface area contributed by atoms with Crippen LogP contribution in [0.25, 0.3) is 0 Å². The van der Waals surface area contributed by atoms with Gasteiger partial charge < -0.3 is 112 Å². The van der Waals surface area contributed by atoms with Crippen LogP contribution >= 0.6 is 0 Å². The second-order valence-electron chi connectivity index (χ2n) is 7.81. The Hall–Kier alpha value is -1.79. The third-order valence-electron chi connectivity index (χ3n) is 0.882. The highest BCUT2D eigenvalue weighted by atomic mass is 16.7. The van der Waals surface area contributed by atoms with Gasteiger partial charge in [-0.1, -0.05) is 0 Å². The van der Waals surface area contributed by atoms with Crippen molar-refractivity contribution in [3.8, 4) is 0 Å². The summed E-state index contributed by atoms with van der Waals surface area (Å²) in [5.41, 5.74) is 0. The molecule has 0 aliphatic heterocycles. The summed E-state index contributed by atoms with van der Waals surface area (Å²) in [6.07, 6.45) is 1.62. The molecule has 0 aromatic carbocycles. The van der Waals surface area contributed by atoms with Crippen LogP contribution in [0.3, 0.4) is 0 Å². The van der Waals surface area contributed by atoms with Crippen LogP contribution in [0, 0.1) is 0 Å². The van der Waals surface area contributed by atoms with Crippen molar-refractivity contribution in [1.29, 1.82) is 0 Å². The molecule has 0 spiro atoms. The van der Waals surface area contributed by atoms with E-state index in [9.17, 15) is 4.79 Å². The summed E-state index contributed by atoms with van der Waals surface area (Å²) in [5.74, 6) is -1.03. The van der Waals surface area contributed by atoms with Crippen molar-refractivity contribution in [3.63, 3.8) is 0 Å². The molecule has 0 radical (unpaired) electrons. The van der Waals surface area contributed by atoms with E-state index in [0.29, 0.717) is 6.61 Å². The fourth-order valence-corrected chi connectivity index (χ4v) is 0.482. The number of aliphatic hydroxyl groups excluding tert-OH is 19. The van der Waals surface area contributed by atoms with E-state index in [1.807, 2.05) is 6.92 Å². The summed E-state index contributed by atoms with van der Waals surface area (Å²) < 4.78 is 9.77. The predicted molar refractivity (Wildman–Crippen MR) is 281 cm³/mol. The molecule has 0 saturated heterocycles. The maximum atomic E-state index is 9.93. The van der Waals surface area contributed by atoms with Gasteiger partial charge in [-0.05, 0) is 145 Å². The molecule has 0 aromatic heterocycles. The first kappa shape index (κ1) is 132.